The minimum atomic E-state index is -0.586. The van der Waals surface area contributed by atoms with E-state index in [-0.39, 0.29) is 27.8 Å². The van der Waals surface area contributed by atoms with Crippen LogP contribution in [-0.2, 0) is 4.79 Å². The molecule has 1 aromatic heterocycles. The highest BCUT2D eigenvalue weighted by Crippen LogP contribution is 2.39. The van der Waals surface area contributed by atoms with Crippen molar-refractivity contribution in [3.63, 3.8) is 0 Å². The van der Waals surface area contributed by atoms with Gasteiger partial charge in [-0.2, -0.15) is 0 Å². The Balaban J connectivity index is 1.63. The molecule has 0 aliphatic rings. The third kappa shape index (κ3) is 5.01. The molecule has 0 unspecified atom stereocenters. The summed E-state index contributed by atoms with van der Waals surface area (Å²) < 4.78 is 11.1. The number of methoxy groups -OCH3 is 2. The number of amides is 2. The van der Waals surface area contributed by atoms with E-state index in [4.69, 9.17) is 21.1 Å². The molecule has 0 aliphatic carbocycles. The maximum Gasteiger partial charge on any atom is 0.314 e. The predicted octanol–water partition coefficient (Wildman–Crippen LogP) is 4.03. The van der Waals surface area contributed by atoms with Gasteiger partial charge in [0.15, 0.2) is 5.75 Å². The van der Waals surface area contributed by atoms with Gasteiger partial charge in [0, 0.05) is 16.2 Å². The first-order valence-electron chi connectivity index (χ1n) is 8.65. The molecule has 12 heteroatoms. The molecular formula is C19H16ClN3O6S2. The summed E-state index contributed by atoms with van der Waals surface area (Å²) in [6.45, 7) is 0. The molecule has 0 bridgehead atoms. The Morgan fingerprint density at radius 3 is 2.52 bits per heavy atom. The van der Waals surface area contributed by atoms with Crippen LogP contribution in [0.3, 0.4) is 0 Å². The van der Waals surface area contributed by atoms with Crippen molar-refractivity contribution in [3.05, 3.63) is 56.4 Å². The van der Waals surface area contributed by atoms with Gasteiger partial charge in [-0.15, -0.1) is 23.1 Å². The number of hydrogen-bond donors (Lipinski definition) is 2. The zero-order chi connectivity index (χ0) is 22.5. The molecule has 0 spiro atoms. The van der Waals surface area contributed by atoms with Crippen molar-refractivity contribution in [2.24, 2.45) is 0 Å². The summed E-state index contributed by atoms with van der Waals surface area (Å²) in [5, 5.41) is 12.2. The number of benzene rings is 2. The van der Waals surface area contributed by atoms with Gasteiger partial charge >= 0.3 is 5.69 Å². The van der Waals surface area contributed by atoms with E-state index in [2.05, 4.69) is 10.9 Å². The first-order chi connectivity index (χ1) is 14.8. The normalized spacial score (nSPS) is 10.5. The molecule has 0 aliphatic heterocycles. The molecule has 0 saturated heterocycles. The molecule has 0 radical (unpaired) electrons. The monoisotopic (exact) mass is 481 g/mol. The Kier molecular flexibility index (Phi) is 7.21. The second-order valence-corrected chi connectivity index (χ2v) is 8.41. The van der Waals surface area contributed by atoms with E-state index in [9.17, 15) is 19.7 Å². The van der Waals surface area contributed by atoms with Crippen LogP contribution >= 0.6 is 34.7 Å². The second-order valence-electron chi connectivity index (χ2n) is 5.96. The van der Waals surface area contributed by atoms with Gasteiger partial charge in [0.2, 0.25) is 5.91 Å². The number of nitrogens with zero attached hydrogens (tertiary/aromatic N) is 1. The molecule has 31 heavy (non-hydrogen) atoms. The zero-order valence-electron chi connectivity index (χ0n) is 16.3. The average Bonchev–Trinajstić information content (AvgIpc) is 3.12. The molecule has 3 rings (SSSR count). The number of ether oxygens (including phenoxy) is 2. The van der Waals surface area contributed by atoms with Gasteiger partial charge in [0.1, 0.15) is 10.6 Å². The van der Waals surface area contributed by atoms with Crippen molar-refractivity contribution < 1.29 is 24.0 Å². The topological polar surface area (TPSA) is 120 Å². The van der Waals surface area contributed by atoms with E-state index in [0.717, 1.165) is 21.8 Å². The molecule has 162 valence electrons. The van der Waals surface area contributed by atoms with Gasteiger partial charge in [-0.3, -0.25) is 30.6 Å². The maximum atomic E-state index is 12.4. The fraction of sp³-hybridized carbons (Fsp3) is 0.158. The van der Waals surface area contributed by atoms with Crippen molar-refractivity contribution in [1.29, 1.82) is 0 Å². The summed E-state index contributed by atoms with van der Waals surface area (Å²) in [5.74, 6) is -0.834. The van der Waals surface area contributed by atoms with E-state index in [1.165, 1.54) is 37.7 Å². The van der Waals surface area contributed by atoms with Crippen molar-refractivity contribution in [2.45, 2.75) is 4.90 Å². The zero-order valence-corrected chi connectivity index (χ0v) is 18.7. The van der Waals surface area contributed by atoms with E-state index < -0.39 is 16.7 Å². The number of nitro benzene ring substituents is 1. The van der Waals surface area contributed by atoms with Crippen LogP contribution < -0.4 is 20.3 Å². The van der Waals surface area contributed by atoms with Crippen LogP contribution in [0, 0.1) is 10.1 Å². The Labute approximate surface area is 189 Å². The van der Waals surface area contributed by atoms with Gasteiger partial charge in [-0.05, 0) is 6.07 Å². The summed E-state index contributed by atoms with van der Waals surface area (Å²) in [6.07, 6.45) is 0. The third-order valence-corrected chi connectivity index (χ3v) is 6.79. The highest BCUT2D eigenvalue weighted by atomic mass is 35.5. The highest BCUT2D eigenvalue weighted by Gasteiger charge is 2.21. The number of carbonyl (C=O) groups excluding carboxylic acids is 2. The first kappa shape index (κ1) is 22.7. The van der Waals surface area contributed by atoms with Gasteiger partial charge in [0.05, 0.1) is 40.9 Å². The minimum Gasteiger partial charge on any atom is -0.495 e. The molecule has 2 N–H and O–H groups in total. The number of fused-ring (bicyclic) bond motifs is 1. The number of carbonyl (C=O) groups is 2. The molecular weight excluding hydrogens is 466 g/mol. The van der Waals surface area contributed by atoms with Crippen LogP contribution in [0.15, 0.2) is 41.3 Å². The van der Waals surface area contributed by atoms with Crippen molar-refractivity contribution >= 4 is 62.3 Å². The highest BCUT2D eigenvalue weighted by molar-refractivity contribution is 8.00. The lowest BCUT2D eigenvalue weighted by atomic mass is 10.2. The standard InChI is InChI=1S/C19H16ClN3O6S2/c1-28-12-8-15(13(29-2)7-11(12)23(26)27)30-9-16(24)21-22-19(25)18-17(20)10-5-3-4-6-14(10)31-18/h3-8H,9H2,1-2H3,(H,21,24)(H,22,25). The number of hydrazine groups is 1. The fourth-order valence-electron chi connectivity index (χ4n) is 2.63. The van der Waals surface area contributed by atoms with Crippen LogP contribution in [0.4, 0.5) is 5.69 Å². The van der Waals surface area contributed by atoms with Crippen LogP contribution in [0.1, 0.15) is 9.67 Å². The van der Waals surface area contributed by atoms with Crippen LogP contribution in [0.2, 0.25) is 5.02 Å². The minimum absolute atomic E-state index is 0.0430. The summed E-state index contributed by atoms with van der Waals surface area (Å²) in [6, 6.07) is 9.98. The van der Waals surface area contributed by atoms with E-state index in [1.807, 2.05) is 24.3 Å². The molecule has 2 amide bonds. The SMILES string of the molecule is COc1cc([N+](=O)[O-])c(OC)cc1SCC(=O)NNC(=O)c1sc2ccccc2c1Cl. The quantitative estimate of drug-likeness (QED) is 0.297. The summed E-state index contributed by atoms with van der Waals surface area (Å²) >= 11 is 8.55. The number of hydrogen-bond acceptors (Lipinski definition) is 8. The van der Waals surface area contributed by atoms with Gasteiger partial charge in [0.25, 0.3) is 5.91 Å². The Morgan fingerprint density at radius 1 is 1.16 bits per heavy atom. The number of nitrogens with one attached hydrogen (secondary N) is 2. The van der Waals surface area contributed by atoms with E-state index in [1.54, 1.807) is 0 Å². The number of thioether (sulfide) groups is 1. The first-order valence-corrected chi connectivity index (χ1v) is 10.8. The summed E-state index contributed by atoms with van der Waals surface area (Å²) in [4.78, 5) is 35.9. The van der Waals surface area contributed by atoms with Crippen LogP contribution in [0.5, 0.6) is 11.5 Å². The smallest absolute Gasteiger partial charge is 0.314 e. The van der Waals surface area contributed by atoms with Gasteiger partial charge < -0.3 is 9.47 Å². The molecule has 0 fully saturated rings. The van der Waals surface area contributed by atoms with Gasteiger partial charge in [-0.1, -0.05) is 29.8 Å². The molecule has 0 saturated carbocycles. The molecule has 2 aromatic carbocycles. The average molecular weight is 482 g/mol. The Hall–Kier alpha value is -3.02. The van der Waals surface area contributed by atoms with Gasteiger partial charge in [-0.25, -0.2) is 0 Å². The lowest BCUT2D eigenvalue weighted by Crippen LogP contribution is -2.42. The van der Waals surface area contributed by atoms with E-state index in [0.29, 0.717) is 9.92 Å². The third-order valence-electron chi connectivity index (χ3n) is 4.08. The molecule has 3 aromatic rings. The maximum absolute atomic E-state index is 12.4. The lowest BCUT2D eigenvalue weighted by Gasteiger charge is -2.11. The predicted molar refractivity (Wildman–Crippen MR) is 119 cm³/mol. The Bertz CT molecular complexity index is 1170. The largest absolute Gasteiger partial charge is 0.495 e. The molecule has 0 atom stereocenters. The molecule has 9 nitrogen and oxygen atoms in total. The lowest BCUT2D eigenvalue weighted by molar-refractivity contribution is -0.385. The van der Waals surface area contributed by atoms with Crippen molar-refractivity contribution in [1.82, 2.24) is 10.9 Å². The number of thiophene rings is 1. The Morgan fingerprint density at radius 2 is 1.87 bits per heavy atom. The van der Waals surface area contributed by atoms with Crippen LogP contribution in [-0.4, -0.2) is 36.7 Å². The molecule has 1 heterocycles. The number of nitro groups is 1. The fourth-order valence-corrected chi connectivity index (χ4v) is 4.88. The second kappa shape index (κ2) is 9.86. The van der Waals surface area contributed by atoms with Crippen LogP contribution in [0.25, 0.3) is 10.1 Å². The summed E-state index contributed by atoms with van der Waals surface area (Å²) in [5.41, 5.74) is 4.42. The number of rotatable bonds is 7. The van der Waals surface area contributed by atoms with Crippen molar-refractivity contribution in [3.8, 4) is 11.5 Å². The summed E-state index contributed by atoms with van der Waals surface area (Å²) in [7, 11) is 2.68. The van der Waals surface area contributed by atoms with Crippen molar-refractivity contribution in [2.75, 3.05) is 20.0 Å². The van der Waals surface area contributed by atoms with E-state index >= 15 is 0 Å². The number of halogens is 1.